The minimum atomic E-state index is -0.314. The zero-order chi connectivity index (χ0) is 13.8. The van der Waals surface area contributed by atoms with Gasteiger partial charge < -0.3 is 10.2 Å². The molecule has 3 N–H and O–H groups in total. The Morgan fingerprint density at radius 2 is 2.42 bits per heavy atom. The first-order valence-corrected chi connectivity index (χ1v) is 6.56. The van der Waals surface area contributed by atoms with Gasteiger partial charge in [0, 0.05) is 0 Å². The average Bonchev–Trinajstić information content (AvgIpc) is 2.95. The second-order valence-electron chi connectivity index (χ2n) is 3.83. The largest absolute Gasteiger partial charge is 0.460 e. The summed E-state index contributed by atoms with van der Waals surface area (Å²) in [5, 5.41) is 4.22. The van der Waals surface area contributed by atoms with Gasteiger partial charge in [0.15, 0.2) is 5.13 Å². The average molecular weight is 278 g/mol. The SMILES string of the molecule is CCc1nc(N)sc1C(=O)N/N=C\c1ccc(C)o1. The van der Waals surface area contributed by atoms with Crippen LogP contribution in [0.5, 0.6) is 0 Å². The fourth-order valence-electron chi connectivity index (χ4n) is 1.52. The molecule has 0 bridgehead atoms. The molecule has 2 rings (SSSR count). The standard InChI is InChI=1S/C12H14N4O2S/c1-3-9-10(19-12(13)15-9)11(17)16-14-6-8-5-4-7(2)18-8/h4-6H,3H2,1-2H3,(H2,13,15)(H,16,17)/b14-6-. The third-order valence-corrected chi connectivity index (χ3v) is 3.30. The van der Waals surface area contributed by atoms with Gasteiger partial charge in [0.05, 0.1) is 11.9 Å². The lowest BCUT2D eigenvalue weighted by Gasteiger charge is -1.97. The van der Waals surface area contributed by atoms with Crippen LogP contribution in [0.15, 0.2) is 21.7 Å². The number of carbonyl (C=O) groups excluding carboxylic acids is 1. The van der Waals surface area contributed by atoms with E-state index in [1.807, 2.05) is 19.9 Å². The number of rotatable bonds is 4. The molecule has 0 atom stereocenters. The molecule has 100 valence electrons. The number of amides is 1. The van der Waals surface area contributed by atoms with Crippen molar-refractivity contribution in [2.45, 2.75) is 20.3 Å². The van der Waals surface area contributed by atoms with Crippen molar-refractivity contribution in [3.8, 4) is 0 Å². The zero-order valence-corrected chi connectivity index (χ0v) is 11.5. The second kappa shape index (κ2) is 5.66. The first-order valence-electron chi connectivity index (χ1n) is 5.75. The quantitative estimate of drug-likeness (QED) is 0.660. The molecule has 0 aliphatic heterocycles. The lowest BCUT2D eigenvalue weighted by atomic mass is 10.3. The number of hydrazone groups is 1. The number of hydrogen-bond acceptors (Lipinski definition) is 6. The monoisotopic (exact) mass is 278 g/mol. The van der Waals surface area contributed by atoms with Crippen LogP contribution >= 0.6 is 11.3 Å². The van der Waals surface area contributed by atoms with E-state index in [0.29, 0.717) is 27.9 Å². The molecule has 2 heterocycles. The molecule has 0 spiro atoms. The highest BCUT2D eigenvalue weighted by molar-refractivity contribution is 7.17. The van der Waals surface area contributed by atoms with Gasteiger partial charge in [-0.2, -0.15) is 5.10 Å². The van der Waals surface area contributed by atoms with Crippen LogP contribution in [0.25, 0.3) is 0 Å². The van der Waals surface area contributed by atoms with Crippen molar-refractivity contribution in [1.29, 1.82) is 0 Å². The maximum Gasteiger partial charge on any atom is 0.283 e. The predicted octanol–water partition coefficient (Wildman–Crippen LogP) is 1.95. The predicted molar refractivity (Wildman–Crippen MR) is 74.4 cm³/mol. The van der Waals surface area contributed by atoms with Gasteiger partial charge in [0.25, 0.3) is 5.91 Å². The molecule has 2 aromatic rings. The van der Waals surface area contributed by atoms with Crippen LogP contribution in [0.3, 0.4) is 0 Å². The molecule has 0 unspecified atom stereocenters. The fourth-order valence-corrected chi connectivity index (χ4v) is 2.33. The Labute approximate surface area is 114 Å². The van der Waals surface area contributed by atoms with E-state index in [9.17, 15) is 4.79 Å². The number of aryl methyl sites for hydroxylation is 2. The molecular formula is C12H14N4O2S. The van der Waals surface area contributed by atoms with Crippen LogP contribution in [0.1, 0.15) is 33.8 Å². The number of nitrogens with two attached hydrogens (primary N) is 1. The summed E-state index contributed by atoms with van der Waals surface area (Å²) in [6.07, 6.45) is 2.10. The summed E-state index contributed by atoms with van der Waals surface area (Å²) < 4.78 is 5.29. The number of hydrogen-bond donors (Lipinski definition) is 2. The van der Waals surface area contributed by atoms with Crippen molar-refractivity contribution in [3.63, 3.8) is 0 Å². The highest BCUT2D eigenvalue weighted by Crippen LogP contribution is 2.20. The van der Waals surface area contributed by atoms with E-state index in [2.05, 4.69) is 15.5 Å². The minimum absolute atomic E-state index is 0.314. The Morgan fingerprint density at radius 3 is 3.05 bits per heavy atom. The Hall–Kier alpha value is -2.15. The number of carbonyl (C=O) groups is 1. The summed E-state index contributed by atoms with van der Waals surface area (Å²) in [4.78, 5) is 16.5. The van der Waals surface area contributed by atoms with E-state index in [0.717, 1.165) is 17.1 Å². The first-order chi connectivity index (χ1) is 9.10. The lowest BCUT2D eigenvalue weighted by Crippen LogP contribution is -2.17. The second-order valence-corrected chi connectivity index (χ2v) is 4.86. The molecular weight excluding hydrogens is 264 g/mol. The Balaban J connectivity index is 2.03. The number of nitrogens with zero attached hydrogens (tertiary/aromatic N) is 2. The Morgan fingerprint density at radius 1 is 1.63 bits per heavy atom. The van der Waals surface area contributed by atoms with Crippen molar-refractivity contribution < 1.29 is 9.21 Å². The van der Waals surface area contributed by atoms with Crippen LogP contribution in [0.2, 0.25) is 0 Å². The van der Waals surface area contributed by atoms with E-state index in [-0.39, 0.29) is 5.91 Å². The van der Waals surface area contributed by atoms with Crippen molar-refractivity contribution in [1.82, 2.24) is 10.4 Å². The summed E-state index contributed by atoms with van der Waals surface area (Å²) >= 11 is 1.15. The molecule has 0 aromatic carbocycles. The summed E-state index contributed by atoms with van der Waals surface area (Å²) in [6.45, 7) is 3.75. The van der Waals surface area contributed by atoms with Gasteiger partial charge in [-0.05, 0) is 25.5 Å². The molecule has 0 fully saturated rings. The van der Waals surface area contributed by atoms with Crippen LogP contribution in [-0.4, -0.2) is 17.1 Å². The van der Waals surface area contributed by atoms with E-state index in [1.165, 1.54) is 6.21 Å². The molecule has 1 amide bonds. The van der Waals surface area contributed by atoms with Gasteiger partial charge in [0.1, 0.15) is 16.4 Å². The lowest BCUT2D eigenvalue weighted by molar-refractivity contribution is 0.0958. The van der Waals surface area contributed by atoms with Crippen molar-refractivity contribution in [2.75, 3.05) is 5.73 Å². The number of nitrogen functional groups attached to an aromatic ring is 1. The van der Waals surface area contributed by atoms with E-state index < -0.39 is 0 Å². The highest BCUT2D eigenvalue weighted by atomic mass is 32.1. The number of furan rings is 1. The van der Waals surface area contributed by atoms with E-state index in [4.69, 9.17) is 10.2 Å². The fraction of sp³-hybridized carbons (Fsp3) is 0.250. The molecule has 0 radical (unpaired) electrons. The van der Waals surface area contributed by atoms with Crippen LogP contribution in [0.4, 0.5) is 5.13 Å². The van der Waals surface area contributed by atoms with Crippen molar-refractivity contribution in [2.24, 2.45) is 5.10 Å². The molecule has 7 heteroatoms. The van der Waals surface area contributed by atoms with E-state index >= 15 is 0 Å². The number of nitrogens with one attached hydrogen (secondary N) is 1. The molecule has 0 saturated carbocycles. The smallest absolute Gasteiger partial charge is 0.283 e. The molecule has 19 heavy (non-hydrogen) atoms. The van der Waals surface area contributed by atoms with Gasteiger partial charge in [-0.3, -0.25) is 4.79 Å². The highest BCUT2D eigenvalue weighted by Gasteiger charge is 2.15. The van der Waals surface area contributed by atoms with Crippen LogP contribution < -0.4 is 11.2 Å². The number of anilines is 1. The van der Waals surface area contributed by atoms with Crippen molar-refractivity contribution in [3.05, 3.63) is 34.2 Å². The van der Waals surface area contributed by atoms with E-state index in [1.54, 1.807) is 6.07 Å². The minimum Gasteiger partial charge on any atom is -0.460 e. The number of thiazole rings is 1. The van der Waals surface area contributed by atoms with Gasteiger partial charge in [0.2, 0.25) is 0 Å². The molecule has 0 saturated heterocycles. The van der Waals surface area contributed by atoms with Gasteiger partial charge in [-0.15, -0.1) is 0 Å². The molecule has 0 aliphatic rings. The Kier molecular flexibility index (Phi) is 3.96. The molecule has 6 nitrogen and oxygen atoms in total. The van der Waals surface area contributed by atoms with Crippen molar-refractivity contribution >= 4 is 28.6 Å². The van der Waals surface area contributed by atoms with Gasteiger partial charge >= 0.3 is 0 Å². The summed E-state index contributed by atoms with van der Waals surface area (Å²) in [5.74, 6) is 1.05. The third-order valence-electron chi connectivity index (χ3n) is 2.37. The maximum atomic E-state index is 11.9. The number of aromatic nitrogens is 1. The van der Waals surface area contributed by atoms with Gasteiger partial charge in [-0.1, -0.05) is 18.3 Å². The summed E-state index contributed by atoms with van der Waals surface area (Å²) in [5.41, 5.74) is 8.70. The maximum absolute atomic E-state index is 11.9. The third kappa shape index (κ3) is 3.19. The topological polar surface area (TPSA) is 93.5 Å². The molecule has 0 aliphatic carbocycles. The van der Waals surface area contributed by atoms with Gasteiger partial charge in [-0.25, -0.2) is 10.4 Å². The molecule has 2 aromatic heterocycles. The van der Waals surface area contributed by atoms with Crippen LogP contribution in [0, 0.1) is 6.92 Å². The summed E-state index contributed by atoms with van der Waals surface area (Å²) in [6, 6.07) is 3.59. The normalized spacial score (nSPS) is 11.1. The summed E-state index contributed by atoms with van der Waals surface area (Å²) in [7, 11) is 0. The first kappa shape index (κ1) is 13.3. The Bertz CT molecular complexity index is 615. The van der Waals surface area contributed by atoms with Crippen LogP contribution in [-0.2, 0) is 6.42 Å². The zero-order valence-electron chi connectivity index (χ0n) is 10.6.